The number of hydrogen-bond acceptors (Lipinski definition) is 3. The highest BCUT2D eigenvalue weighted by Gasteiger charge is 2.04. The third-order valence-corrected chi connectivity index (χ3v) is 4.70. The maximum Gasteiger partial charge on any atom is 0.248 e. The van der Waals surface area contributed by atoms with Crippen LogP contribution in [0.4, 0.5) is 0 Å². The minimum atomic E-state index is -0.418. The fourth-order valence-electron chi connectivity index (χ4n) is 2.99. The van der Waals surface area contributed by atoms with E-state index < -0.39 is 5.91 Å². The average Bonchev–Trinajstić information content (AvgIpc) is 2.73. The smallest absolute Gasteiger partial charge is 0.248 e. The van der Waals surface area contributed by atoms with Crippen LogP contribution in [-0.4, -0.2) is 37.6 Å². The van der Waals surface area contributed by atoms with Gasteiger partial charge in [-0.05, 0) is 54.4 Å². The summed E-state index contributed by atoms with van der Waals surface area (Å²) in [5, 5.41) is 0. The van der Waals surface area contributed by atoms with Gasteiger partial charge in [-0.2, -0.15) is 0 Å². The SMILES string of the molecule is CN(CCOc1ccc(-c2cccc(C(N)=O)c2)cc1)CCc1ccccc1. The van der Waals surface area contributed by atoms with Crippen molar-refractivity contribution in [3.8, 4) is 16.9 Å². The lowest BCUT2D eigenvalue weighted by Gasteiger charge is -2.17. The van der Waals surface area contributed by atoms with E-state index in [2.05, 4.69) is 36.2 Å². The summed E-state index contributed by atoms with van der Waals surface area (Å²) in [6.07, 6.45) is 1.04. The van der Waals surface area contributed by atoms with E-state index in [-0.39, 0.29) is 0 Å². The van der Waals surface area contributed by atoms with E-state index in [0.29, 0.717) is 12.2 Å². The van der Waals surface area contributed by atoms with E-state index in [1.807, 2.05) is 42.5 Å². The van der Waals surface area contributed by atoms with Crippen molar-refractivity contribution in [2.24, 2.45) is 5.73 Å². The second-order valence-corrected chi connectivity index (χ2v) is 6.86. The van der Waals surface area contributed by atoms with Gasteiger partial charge >= 0.3 is 0 Å². The van der Waals surface area contributed by atoms with Gasteiger partial charge in [-0.15, -0.1) is 0 Å². The van der Waals surface area contributed by atoms with Crippen LogP contribution in [0.1, 0.15) is 15.9 Å². The Hall–Kier alpha value is -3.11. The number of benzene rings is 3. The second kappa shape index (κ2) is 9.72. The first-order valence-corrected chi connectivity index (χ1v) is 9.47. The predicted molar refractivity (Wildman–Crippen MR) is 114 cm³/mol. The first kappa shape index (κ1) is 19.6. The van der Waals surface area contributed by atoms with Crippen LogP contribution in [0, 0.1) is 0 Å². The van der Waals surface area contributed by atoms with Gasteiger partial charge in [0.1, 0.15) is 12.4 Å². The Labute approximate surface area is 166 Å². The molecule has 0 heterocycles. The molecular formula is C24H26N2O2. The molecule has 0 aromatic heterocycles. The summed E-state index contributed by atoms with van der Waals surface area (Å²) >= 11 is 0. The number of carbonyl (C=O) groups is 1. The standard InChI is InChI=1S/C24H26N2O2/c1-26(15-14-19-6-3-2-4-7-19)16-17-28-23-12-10-20(11-13-23)21-8-5-9-22(18-21)24(25)27/h2-13,18H,14-17H2,1H3,(H2,25,27). The number of nitrogens with zero attached hydrogens (tertiary/aromatic N) is 1. The van der Waals surface area contributed by atoms with Gasteiger partial charge in [-0.1, -0.05) is 54.6 Å². The largest absolute Gasteiger partial charge is 0.492 e. The molecule has 0 bridgehead atoms. The van der Waals surface area contributed by atoms with Crippen molar-refractivity contribution >= 4 is 5.91 Å². The lowest BCUT2D eigenvalue weighted by Crippen LogP contribution is -2.26. The second-order valence-electron chi connectivity index (χ2n) is 6.86. The zero-order valence-corrected chi connectivity index (χ0v) is 16.2. The molecule has 0 aliphatic heterocycles. The first-order chi connectivity index (χ1) is 13.6. The van der Waals surface area contributed by atoms with Gasteiger partial charge in [0.05, 0.1) is 0 Å². The van der Waals surface area contributed by atoms with Crippen LogP contribution >= 0.6 is 0 Å². The maximum atomic E-state index is 11.3. The lowest BCUT2D eigenvalue weighted by molar-refractivity contribution is 0.100. The third-order valence-electron chi connectivity index (χ3n) is 4.70. The van der Waals surface area contributed by atoms with E-state index in [1.165, 1.54) is 5.56 Å². The van der Waals surface area contributed by atoms with Gasteiger partial charge in [0.2, 0.25) is 5.91 Å². The summed E-state index contributed by atoms with van der Waals surface area (Å²) in [6, 6.07) is 25.7. The van der Waals surface area contributed by atoms with Crippen LogP contribution in [0.15, 0.2) is 78.9 Å². The maximum absolute atomic E-state index is 11.3. The van der Waals surface area contributed by atoms with Gasteiger partial charge in [0.15, 0.2) is 0 Å². The van der Waals surface area contributed by atoms with Crippen LogP contribution in [0.25, 0.3) is 11.1 Å². The molecule has 0 spiro atoms. The number of rotatable bonds is 9. The molecule has 0 aliphatic rings. The number of ether oxygens (including phenoxy) is 1. The number of nitrogens with two attached hydrogens (primary N) is 1. The molecule has 0 atom stereocenters. The molecule has 0 aliphatic carbocycles. The zero-order chi connectivity index (χ0) is 19.8. The molecule has 144 valence electrons. The monoisotopic (exact) mass is 374 g/mol. The molecule has 4 nitrogen and oxygen atoms in total. The van der Waals surface area contributed by atoms with Crippen LogP contribution in [0.2, 0.25) is 0 Å². The predicted octanol–water partition coefficient (Wildman–Crippen LogP) is 4.01. The quantitative estimate of drug-likeness (QED) is 0.616. The van der Waals surface area contributed by atoms with Crippen molar-refractivity contribution in [1.29, 1.82) is 0 Å². The van der Waals surface area contributed by atoms with E-state index in [0.717, 1.165) is 36.4 Å². The molecule has 3 aromatic carbocycles. The van der Waals surface area contributed by atoms with Crippen molar-refractivity contribution in [3.05, 3.63) is 90.0 Å². The van der Waals surface area contributed by atoms with Gasteiger partial charge in [0.25, 0.3) is 0 Å². The summed E-state index contributed by atoms with van der Waals surface area (Å²) in [5.41, 5.74) is 9.20. The normalized spacial score (nSPS) is 10.8. The Morgan fingerprint density at radius 2 is 1.64 bits per heavy atom. The van der Waals surface area contributed by atoms with Crippen molar-refractivity contribution in [3.63, 3.8) is 0 Å². The molecule has 0 saturated carbocycles. The molecule has 3 rings (SSSR count). The number of hydrogen-bond donors (Lipinski definition) is 1. The number of primary amides is 1. The molecule has 0 saturated heterocycles. The molecule has 4 heteroatoms. The van der Waals surface area contributed by atoms with E-state index in [9.17, 15) is 4.79 Å². The zero-order valence-electron chi connectivity index (χ0n) is 16.2. The summed E-state index contributed by atoms with van der Waals surface area (Å²) < 4.78 is 5.87. The minimum Gasteiger partial charge on any atom is -0.492 e. The third kappa shape index (κ3) is 5.69. The molecule has 3 aromatic rings. The number of carbonyl (C=O) groups excluding carboxylic acids is 1. The van der Waals surface area contributed by atoms with Gasteiger partial charge in [0, 0.05) is 18.7 Å². The Bertz CT molecular complexity index is 892. The van der Waals surface area contributed by atoms with Crippen molar-refractivity contribution in [1.82, 2.24) is 4.90 Å². The van der Waals surface area contributed by atoms with E-state index in [4.69, 9.17) is 10.5 Å². The summed E-state index contributed by atoms with van der Waals surface area (Å²) in [4.78, 5) is 13.6. The molecule has 0 radical (unpaired) electrons. The topological polar surface area (TPSA) is 55.6 Å². The molecule has 1 amide bonds. The Kier molecular flexibility index (Phi) is 6.82. The van der Waals surface area contributed by atoms with Crippen LogP contribution < -0.4 is 10.5 Å². The van der Waals surface area contributed by atoms with E-state index >= 15 is 0 Å². The average molecular weight is 374 g/mol. The van der Waals surface area contributed by atoms with Crippen LogP contribution in [-0.2, 0) is 6.42 Å². The molecule has 2 N–H and O–H groups in total. The van der Waals surface area contributed by atoms with Crippen LogP contribution in [0.3, 0.4) is 0 Å². The lowest BCUT2D eigenvalue weighted by atomic mass is 10.0. The van der Waals surface area contributed by atoms with Gasteiger partial charge in [-0.25, -0.2) is 0 Å². The molecular weight excluding hydrogens is 348 g/mol. The van der Waals surface area contributed by atoms with Crippen molar-refractivity contribution in [2.45, 2.75) is 6.42 Å². The summed E-state index contributed by atoms with van der Waals surface area (Å²) in [6.45, 7) is 2.51. The molecule has 0 fully saturated rings. The highest BCUT2D eigenvalue weighted by atomic mass is 16.5. The number of amides is 1. The fourth-order valence-corrected chi connectivity index (χ4v) is 2.99. The Morgan fingerprint density at radius 1 is 0.893 bits per heavy atom. The van der Waals surface area contributed by atoms with E-state index in [1.54, 1.807) is 12.1 Å². The summed E-state index contributed by atoms with van der Waals surface area (Å²) in [7, 11) is 2.11. The summed E-state index contributed by atoms with van der Waals surface area (Å²) in [5.74, 6) is 0.421. The van der Waals surface area contributed by atoms with Gasteiger partial charge in [-0.3, -0.25) is 4.79 Å². The molecule has 0 unspecified atom stereocenters. The van der Waals surface area contributed by atoms with Gasteiger partial charge < -0.3 is 15.4 Å². The Balaban J connectivity index is 1.47. The van der Waals surface area contributed by atoms with Crippen molar-refractivity contribution in [2.75, 3.05) is 26.7 Å². The number of likely N-dealkylation sites (N-methyl/N-ethyl adjacent to an activating group) is 1. The minimum absolute atomic E-state index is 0.418. The first-order valence-electron chi connectivity index (χ1n) is 9.47. The Morgan fingerprint density at radius 3 is 2.36 bits per heavy atom. The highest BCUT2D eigenvalue weighted by molar-refractivity contribution is 5.94. The fraction of sp³-hybridized carbons (Fsp3) is 0.208. The molecule has 28 heavy (non-hydrogen) atoms. The van der Waals surface area contributed by atoms with Crippen LogP contribution in [0.5, 0.6) is 5.75 Å². The van der Waals surface area contributed by atoms with Crippen molar-refractivity contribution < 1.29 is 9.53 Å². The highest BCUT2D eigenvalue weighted by Crippen LogP contribution is 2.23.